The van der Waals surface area contributed by atoms with Crippen LogP contribution in [0.25, 0.3) is 0 Å². The molecule has 1 aromatic carbocycles. The van der Waals surface area contributed by atoms with Gasteiger partial charge in [-0.3, -0.25) is 9.88 Å². The summed E-state index contributed by atoms with van der Waals surface area (Å²) in [5.74, 6) is 2.69. The molecule has 0 N–H and O–H groups in total. The lowest BCUT2D eigenvalue weighted by atomic mass is 9.94. The van der Waals surface area contributed by atoms with Crippen molar-refractivity contribution in [2.45, 2.75) is 32.4 Å². The summed E-state index contributed by atoms with van der Waals surface area (Å²) in [6, 6.07) is 9.85. The number of piperidine rings is 1. The molecule has 0 spiro atoms. The van der Waals surface area contributed by atoms with Crippen molar-refractivity contribution in [2.75, 3.05) is 13.1 Å². The highest BCUT2D eigenvalue weighted by Gasteiger charge is 2.22. The quantitative estimate of drug-likeness (QED) is 0.575. The lowest BCUT2D eigenvalue weighted by molar-refractivity contribution is 0.163. The minimum absolute atomic E-state index is 0.504. The van der Waals surface area contributed by atoms with Gasteiger partial charge >= 0.3 is 0 Å². The van der Waals surface area contributed by atoms with Crippen LogP contribution in [0.3, 0.4) is 0 Å². The average molecular weight is 411 g/mol. The molecule has 1 aliphatic heterocycles. The van der Waals surface area contributed by atoms with Crippen molar-refractivity contribution in [1.29, 1.82) is 0 Å². The molecular weight excluding hydrogens is 384 g/mol. The molecule has 5 nitrogen and oxygen atoms in total. The number of likely N-dealkylation sites (tertiary alicyclic amines) is 1. The minimum Gasteiger partial charge on any atom is -0.489 e. The standard InChI is InChI=1S/C23H27ClN4O/c1-27-11-9-26-23(27)12-18-5-3-10-28(15-18)16-20-13-21(24)6-7-22(20)29-17-19-4-2-8-25-14-19/h2,4,6-9,11,13-14,18H,3,5,10,12,15-17H2,1H3/t18-/m0/s1. The molecule has 0 radical (unpaired) electrons. The zero-order valence-electron chi connectivity index (χ0n) is 16.8. The molecule has 0 bridgehead atoms. The molecule has 1 fully saturated rings. The van der Waals surface area contributed by atoms with E-state index in [0.29, 0.717) is 12.5 Å². The Morgan fingerprint density at radius 1 is 1.24 bits per heavy atom. The molecule has 0 amide bonds. The number of aryl methyl sites for hydroxylation is 1. The van der Waals surface area contributed by atoms with E-state index in [1.54, 1.807) is 6.20 Å². The lowest BCUT2D eigenvalue weighted by Gasteiger charge is -2.33. The Labute approximate surface area is 177 Å². The largest absolute Gasteiger partial charge is 0.489 e. The number of halogens is 1. The molecule has 0 unspecified atom stereocenters. The molecular formula is C23H27ClN4O. The second-order valence-electron chi connectivity index (χ2n) is 7.80. The second-order valence-corrected chi connectivity index (χ2v) is 8.24. The van der Waals surface area contributed by atoms with Gasteiger partial charge in [0, 0.05) is 67.5 Å². The average Bonchev–Trinajstić information content (AvgIpc) is 3.13. The Morgan fingerprint density at radius 2 is 2.17 bits per heavy atom. The Morgan fingerprint density at radius 3 is 2.97 bits per heavy atom. The summed E-state index contributed by atoms with van der Waals surface area (Å²) in [6.45, 7) is 3.53. The Bertz CT molecular complexity index is 928. The van der Waals surface area contributed by atoms with E-state index in [1.165, 1.54) is 18.7 Å². The molecule has 0 saturated carbocycles. The number of nitrogens with zero attached hydrogens (tertiary/aromatic N) is 4. The first-order valence-corrected chi connectivity index (χ1v) is 10.5. The number of ether oxygens (including phenoxy) is 1. The van der Waals surface area contributed by atoms with Crippen LogP contribution in [0, 0.1) is 5.92 Å². The monoisotopic (exact) mass is 410 g/mol. The van der Waals surface area contributed by atoms with E-state index in [4.69, 9.17) is 16.3 Å². The SMILES string of the molecule is Cn1ccnc1C[C@@H]1CCCN(Cc2cc(Cl)ccc2OCc2cccnc2)C1. The van der Waals surface area contributed by atoms with Crippen LogP contribution in [0.4, 0.5) is 0 Å². The number of aromatic nitrogens is 3. The zero-order chi connectivity index (χ0) is 20.1. The van der Waals surface area contributed by atoms with Crippen molar-refractivity contribution in [3.63, 3.8) is 0 Å². The molecule has 4 rings (SSSR count). The maximum atomic E-state index is 6.30. The third kappa shape index (κ3) is 5.37. The zero-order valence-corrected chi connectivity index (χ0v) is 17.6. The van der Waals surface area contributed by atoms with Crippen LogP contribution < -0.4 is 4.74 Å². The molecule has 1 saturated heterocycles. The van der Waals surface area contributed by atoms with Crippen LogP contribution >= 0.6 is 11.6 Å². The van der Waals surface area contributed by atoms with Gasteiger partial charge in [0.05, 0.1) is 0 Å². The van der Waals surface area contributed by atoms with E-state index in [-0.39, 0.29) is 0 Å². The number of imidazole rings is 1. The number of hydrogen-bond donors (Lipinski definition) is 0. The first kappa shape index (κ1) is 19.9. The third-order valence-electron chi connectivity index (χ3n) is 5.53. The second kappa shape index (κ2) is 9.42. The van der Waals surface area contributed by atoms with Crippen molar-refractivity contribution in [3.8, 4) is 5.75 Å². The van der Waals surface area contributed by atoms with Crippen LogP contribution in [0.2, 0.25) is 5.02 Å². The van der Waals surface area contributed by atoms with Gasteiger partial charge in [0.1, 0.15) is 18.2 Å². The summed E-state index contributed by atoms with van der Waals surface area (Å²) in [5.41, 5.74) is 2.19. The van der Waals surface area contributed by atoms with Crippen molar-refractivity contribution in [1.82, 2.24) is 19.4 Å². The highest BCUT2D eigenvalue weighted by Crippen LogP contribution is 2.28. The fourth-order valence-corrected chi connectivity index (χ4v) is 4.21. The van der Waals surface area contributed by atoms with Crippen LogP contribution in [0.5, 0.6) is 5.75 Å². The van der Waals surface area contributed by atoms with E-state index in [1.807, 2.05) is 48.9 Å². The van der Waals surface area contributed by atoms with Gasteiger partial charge in [-0.05, 0) is 49.6 Å². The Kier molecular flexibility index (Phi) is 6.47. The van der Waals surface area contributed by atoms with Gasteiger partial charge in [-0.2, -0.15) is 0 Å². The minimum atomic E-state index is 0.504. The van der Waals surface area contributed by atoms with Crippen LogP contribution in [-0.2, 0) is 26.6 Å². The molecule has 1 aliphatic rings. The van der Waals surface area contributed by atoms with Gasteiger partial charge in [0.2, 0.25) is 0 Å². The van der Waals surface area contributed by atoms with Gasteiger partial charge in [0.25, 0.3) is 0 Å². The Balaban J connectivity index is 1.41. The number of benzene rings is 1. The summed E-state index contributed by atoms with van der Waals surface area (Å²) in [7, 11) is 2.07. The topological polar surface area (TPSA) is 43.2 Å². The highest BCUT2D eigenvalue weighted by atomic mass is 35.5. The van der Waals surface area contributed by atoms with Gasteiger partial charge in [-0.15, -0.1) is 0 Å². The lowest BCUT2D eigenvalue weighted by Crippen LogP contribution is -2.36. The van der Waals surface area contributed by atoms with Crippen LogP contribution in [-0.4, -0.2) is 32.5 Å². The summed E-state index contributed by atoms with van der Waals surface area (Å²) in [4.78, 5) is 11.2. The molecule has 1 atom stereocenters. The molecule has 152 valence electrons. The van der Waals surface area contributed by atoms with E-state index >= 15 is 0 Å². The van der Waals surface area contributed by atoms with Gasteiger partial charge < -0.3 is 9.30 Å². The van der Waals surface area contributed by atoms with Gasteiger partial charge in [-0.1, -0.05) is 17.7 Å². The Hall–Kier alpha value is -2.37. The molecule has 3 heterocycles. The van der Waals surface area contributed by atoms with E-state index in [0.717, 1.165) is 48.0 Å². The summed E-state index contributed by atoms with van der Waals surface area (Å²) in [5, 5.41) is 0.746. The maximum absolute atomic E-state index is 6.30. The predicted octanol–water partition coefficient (Wildman–Crippen LogP) is 4.50. The van der Waals surface area contributed by atoms with E-state index in [9.17, 15) is 0 Å². The smallest absolute Gasteiger partial charge is 0.124 e. The normalized spacial score (nSPS) is 17.4. The third-order valence-corrected chi connectivity index (χ3v) is 5.76. The number of hydrogen-bond acceptors (Lipinski definition) is 4. The maximum Gasteiger partial charge on any atom is 0.124 e. The van der Waals surface area contributed by atoms with Crippen molar-refractivity contribution in [2.24, 2.45) is 13.0 Å². The molecule has 29 heavy (non-hydrogen) atoms. The first-order valence-electron chi connectivity index (χ1n) is 10.2. The fraction of sp³-hybridized carbons (Fsp3) is 0.391. The van der Waals surface area contributed by atoms with Gasteiger partial charge in [-0.25, -0.2) is 4.98 Å². The first-order chi connectivity index (χ1) is 14.2. The summed E-state index contributed by atoms with van der Waals surface area (Å²) >= 11 is 6.30. The molecule has 0 aliphatic carbocycles. The summed E-state index contributed by atoms with van der Waals surface area (Å²) in [6.07, 6.45) is 11.0. The van der Waals surface area contributed by atoms with Crippen molar-refractivity contribution in [3.05, 3.63) is 77.1 Å². The predicted molar refractivity (Wildman–Crippen MR) is 115 cm³/mol. The van der Waals surface area contributed by atoms with E-state index < -0.39 is 0 Å². The summed E-state index contributed by atoms with van der Waals surface area (Å²) < 4.78 is 8.23. The van der Waals surface area contributed by atoms with Crippen molar-refractivity contribution < 1.29 is 4.74 Å². The number of rotatable bonds is 7. The number of pyridine rings is 1. The molecule has 6 heteroatoms. The van der Waals surface area contributed by atoms with E-state index in [2.05, 4.69) is 26.5 Å². The van der Waals surface area contributed by atoms with Crippen molar-refractivity contribution >= 4 is 11.6 Å². The van der Waals surface area contributed by atoms with Crippen LogP contribution in [0.1, 0.15) is 29.8 Å². The molecule has 2 aromatic heterocycles. The fourth-order valence-electron chi connectivity index (χ4n) is 4.01. The highest BCUT2D eigenvalue weighted by molar-refractivity contribution is 6.30. The molecule has 3 aromatic rings. The van der Waals surface area contributed by atoms with Crippen LogP contribution in [0.15, 0.2) is 55.1 Å². The van der Waals surface area contributed by atoms with Gasteiger partial charge in [0.15, 0.2) is 0 Å².